The normalized spacial score (nSPS) is 15.2. The van der Waals surface area contributed by atoms with E-state index in [1.54, 1.807) is 18.2 Å². The van der Waals surface area contributed by atoms with Crippen molar-refractivity contribution in [2.45, 2.75) is 19.9 Å². The van der Waals surface area contributed by atoms with Crippen molar-refractivity contribution in [3.05, 3.63) is 29.3 Å². The molecule has 0 bridgehead atoms. The maximum Gasteiger partial charge on any atom is 0.259 e. The molecule has 2 amide bonds. The molecule has 1 aromatic carbocycles. The van der Waals surface area contributed by atoms with E-state index in [0.717, 1.165) is 5.69 Å². The summed E-state index contributed by atoms with van der Waals surface area (Å²) in [5.74, 6) is -0.667. The minimum absolute atomic E-state index is 0.142. The molecule has 0 saturated carbocycles. The SMILES string of the molecule is CCOCC(C)Nc1ccc2c(c1)C(=O)NC2=O. The van der Waals surface area contributed by atoms with Gasteiger partial charge in [-0.15, -0.1) is 0 Å². The molecule has 0 fully saturated rings. The number of carbonyl (C=O) groups is 2. The Morgan fingerprint density at radius 2 is 2.00 bits per heavy atom. The molecular formula is C13H16N2O3. The van der Waals surface area contributed by atoms with Crippen LogP contribution in [0.2, 0.25) is 0 Å². The van der Waals surface area contributed by atoms with Gasteiger partial charge in [0.25, 0.3) is 11.8 Å². The lowest BCUT2D eigenvalue weighted by atomic mass is 10.1. The Bertz CT molecular complexity index is 485. The highest BCUT2D eigenvalue weighted by atomic mass is 16.5. The van der Waals surface area contributed by atoms with Gasteiger partial charge in [-0.1, -0.05) is 0 Å². The van der Waals surface area contributed by atoms with Gasteiger partial charge in [0.05, 0.1) is 17.7 Å². The summed E-state index contributed by atoms with van der Waals surface area (Å²) in [5.41, 5.74) is 1.67. The molecule has 1 aromatic rings. The average molecular weight is 248 g/mol. The number of nitrogens with one attached hydrogen (secondary N) is 2. The van der Waals surface area contributed by atoms with Crippen molar-refractivity contribution in [3.8, 4) is 0 Å². The smallest absolute Gasteiger partial charge is 0.259 e. The molecular weight excluding hydrogens is 232 g/mol. The molecule has 1 unspecified atom stereocenters. The number of benzene rings is 1. The lowest BCUT2D eigenvalue weighted by Crippen LogP contribution is -2.22. The van der Waals surface area contributed by atoms with Gasteiger partial charge in [0.2, 0.25) is 0 Å². The first kappa shape index (κ1) is 12.6. The molecule has 0 radical (unpaired) electrons. The molecule has 5 heteroatoms. The number of anilines is 1. The minimum atomic E-state index is -0.337. The van der Waals surface area contributed by atoms with Crippen LogP contribution in [0, 0.1) is 0 Å². The largest absolute Gasteiger partial charge is 0.380 e. The lowest BCUT2D eigenvalue weighted by molar-refractivity contribution is 0.0879. The van der Waals surface area contributed by atoms with Crippen molar-refractivity contribution >= 4 is 17.5 Å². The molecule has 96 valence electrons. The Morgan fingerprint density at radius 1 is 1.28 bits per heavy atom. The predicted molar refractivity (Wildman–Crippen MR) is 67.8 cm³/mol. The van der Waals surface area contributed by atoms with Crippen molar-refractivity contribution in [1.29, 1.82) is 0 Å². The summed E-state index contributed by atoms with van der Waals surface area (Å²) >= 11 is 0. The Morgan fingerprint density at radius 3 is 2.72 bits per heavy atom. The summed E-state index contributed by atoms with van der Waals surface area (Å²) < 4.78 is 5.30. The van der Waals surface area contributed by atoms with Crippen LogP contribution in [-0.4, -0.2) is 31.1 Å². The summed E-state index contributed by atoms with van der Waals surface area (Å²) in [5, 5.41) is 5.49. The summed E-state index contributed by atoms with van der Waals surface area (Å²) in [4.78, 5) is 22.9. The van der Waals surface area contributed by atoms with Crippen LogP contribution in [0.15, 0.2) is 18.2 Å². The molecule has 18 heavy (non-hydrogen) atoms. The van der Waals surface area contributed by atoms with Crippen LogP contribution in [-0.2, 0) is 4.74 Å². The molecule has 0 saturated heterocycles. The van der Waals surface area contributed by atoms with Gasteiger partial charge in [-0.3, -0.25) is 14.9 Å². The summed E-state index contributed by atoms with van der Waals surface area (Å²) in [7, 11) is 0. The monoisotopic (exact) mass is 248 g/mol. The van der Waals surface area contributed by atoms with Crippen molar-refractivity contribution in [1.82, 2.24) is 5.32 Å². The quantitative estimate of drug-likeness (QED) is 0.773. The van der Waals surface area contributed by atoms with Gasteiger partial charge >= 0.3 is 0 Å². The molecule has 1 heterocycles. The fraction of sp³-hybridized carbons (Fsp3) is 0.385. The molecule has 2 N–H and O–H groups in total. The summed E-state index contributed by atoms with van der Waals surface area (Å²) in [6, 6.07) is 5.28. The number of ether oxygens (including phenoxy) is 1. The number of hydrogen-bond donors (Lipinski definition) is 2. The van der Waals surface area contributed by atoms with E-state index in [0.29, 0.717) is 24.3 Å². The number of hydrogen-bond acceptors (Lipinski definition) is 4. The number of amides is 2. The van der Waals surface area contributed by atoms with Crippen molar-refractivity contribution in [2.24, 2.45) is 0 Å². The van der Waals surface area contributed by atoms with E-state index < -0.39 is 0 Å². The maximum absolute atomic E-state index is 11.5. The zero-order chi connectivity index (χ0) is 13.1. The summed E-state index contributed by atoms with van der Waals surface area (Å²) in [6.07, 6.45) is 0. The first-order valence-corrected chi connectivity index (χ1v) is 5.96. The fourth-order valence-corrected chi connectivity index (χ4v) is 1.88. The van der Waals surface area contributed by atoms with Crippen LogP contribution in [0.25, 0.3) is 0 Å². The van der Waals surface area contributed by atoms with E-state index in [1.165, 1.54) is 0 Å². The van der Waals surface area contributed by atoms with Crippen LogP contribution in [0.4, 0.5) is 5.69 Å². The standard InChI is InChI=1S/C13H16N2O3/c1-3-18-7-8(2)14-9-4-5-10-11(6-9)13(17)15-12(10)16/h4-6,8,14H,3,7H2,1-2H3,(H,15,16,17). The predicted octanol–water partition coefficient (Wildman–Crippen LogP) is 1.41. The average Bonchev–Trinajstić information content (AvgIpc) is 2.62. The zero-order valence-corrected chi connectivity index (χ0v) is 10.4. The number of rotatable bonds is 5. The lowest BCUT2D eigenvalue weighted by Gasteiger charge is -2.15. The number of fused-ring (bicyclic) bond motifs is 1. The fourth-order valence-electron chi connectivity index (χ4n) is 1.88. The second kappa shape index (κ2) is 5.18. The highest BCUT2D eigenvalue weighted by molar-refractivity contribution is 6.21. The van der Waals surface area contributed by atoms with Crippen LogP contribution in [0.5, 0.6) is 0 Å². The van der Waals surface area contributed by atoms with Gasteiger partial charge < -0.3 is 10.1 Å². The molecule has 5 nitrogen and oxygen atoms in total. The first-order valence-electron chi connectivity index (χ1n) is 5.96. The Balaban J connectivity index is 2.10. The number of imide groups is 1. The van der Waals surface area contributed by atoms with E-state index in [1.807, 2.05) is 13.8 Å². The van der Waals surface area contributed by atoms with Gasteiger partial charge in [0.15, 0.2) is 0 Å². The maximum atomic E-state index is 11.5. The van der Waals surface area contributed by atoms with E-state index in [9.17, 15) is 9.59 Å². The third kappa shape index (κ3) is 2.51. The van der Waals surface area contributed by atoms with Crippen LogP contribution in [0.1, 0.15) is 34.6 Å². The van der Waals surface area contributed by atoms with Crippen LogP contribution >= 0.6 is 0 Å². The van der Waals surface area contributed by atoms with Crippen molar-refractivity contribution in [2.75, 3.05) is 18.5 Å². The topological polar surface area (TPSA) is 67.4 Å². The Kier molecular flexibility index (Phi) is 3.62. The minimum Gasteiger partial charge on any atom is -0.380 e. The van der Waals surface area contributed by atoms with E-state index in [2.05, 4.69) is 10.6 Å². The van der Waals surface area contributed by atoms with Gasteiger partial charge in [0.1, 0.15) is 0 Å². The number of carbonyl (C=O) groups excluding carboxylic acids is 2. The Labute approximate surface area is 106 Å². The van der Waals surface area contributed by atoms with Gasteiger partial charge in [-0.2, -0.15) is 0 Å². The second-order valence-corrected chi connectivity index (χ2v) is 4.25. The molecule has 0 spiro atoms. The third-order valence-corrected chi connectivity index (χ3v) is 2.72. The van der Waals surface area contributed by atoms with Gasteiger partial charge in [-0.05, 0) is 32.0 Å². The van der Waals surface area contributed by atoms with Crippen molar-refractivity contribution in [3.63, 3.8) is 0 Å². The second-order valence-electron chi connectivity index (χ2n) is 4.25. The summed E-state index contributed by atoms with van der Waals surface area (Å²) in [6.45, 7) is 5.21. The third-order valence-electron chi connectivity index (χ3n) is 2.72. The molecule has 0 aromatic heterocycles. The highest BCUT2D eigenvalue weighted by Gasteiger charge is 2.26. The first-order chi connectivity index (χ1) is 8.61. The highest BCUT2D eigenvalue weighted by Crippen LogP contribution is 2.20. The molecule has 1 atom stereocenters. The van der Waals surface area contributed by atoms with E-state index in [4.69, 9.17) is 4.74 Å². The molecule has 1 aliphatic heterocycles. The van der Waals surface area contributed by atoms with E-state index in [-0.39, 0.29) is 17.9 Å². The Hall–Kier alpha value is -1.88. The van der Waals surface area contributed by atoms with E-state index >= 15 is 0 Å². The van der Waals surface area contributed by atoms with Gasteiger partial charge in [0, 0.05) is 18.3 Å². The van der Waals surface area contributed by atoms with Crippen molar-refractivity contribution < 1.29 is 14.3 Å². The molecule has 2 rings (SSSR count). The zero-order valence-electron chi connectivity index (χ0n) is 10.4. The van der Waals surface area contributed by atoms with Gasteiger partial charge in [-0.25, -0.2) is 0 Å². The van der Waals surface area contributed by atoms with Crippen LogP contribution < -0.4 is 10.6 Å². The molecule has 1 aliphatic rings. The van der Waals surface area contributed by atoms with Crippen LogP contribution in [0.3, 0.4) is 0 Å². The molecule has 0 aliphatic carbocycles.